The van der Waals surface area contributed by atoms with E-state index in [4.69, 9.17) is 11.5 Å². The molecule has 0 aliphatic rings. The molecule has 0 spiro atoms. The third-order valence-electron chi connectivity index (χ3n) is 2.73. The first-order valence-electron chi connectivity index (χ1n) is 7.31. The molecule has 23 heavy (non-hydrogen) atoms. The van der Waals surface area contributed by atoms with Gasteiger partial charge in [0.15, 0.2) is 0 Å². The van der Waals surface area contributed by atoms with E-state index in [0.717, 1.165) is 17.2 Å². The molecule has 0 radical (unpaired) electrons. The number of nitrogens with two attached hydrogens (primary N) is 2. The molecule has 9 heteroatoms. The van der Waals surface area contributed by atoms with Crippen LogP contribution in [0.5, 0.6) is 0 Å². The lowest BCUT2D eigenvalue weighted by atomic mass is 10.2. The van der Waals surface area contributed by atoms with Crippen molar-refractivity contribution >= 4 is 33.4 Å². The quantitative estimate of drug-likeness (QED) is 0.327. The smallest absolute Gasteiger partial charge is 0.252 e. The van der Waals surface area contributed by atoms with Crippen molar-refractivity contribution in [2.45, 2.75) is 13.0 Å². The molecule has 128 valence electrons. The van der Waals surface area contributed by atoms with Gasteiger partial charge in [-0.3, -0.25) is 14.6 Å². The van der Waals surface area contributed by atoms with Crippen molar-refractivity contribution in [2.75, 3.05) is 31.1 Å². The fraction of sp³-hybridized carbons (Fsp3) is 0.500. The number of hydrogen-bond acceptors (Lipinski definition) is 7. The van der Waals surface area contributed by atoms with Crippen LogP contribution in [0.4, 0.5) is 0 Å². The van der Waals surface area contributed by atoms with E-state index < -0.39 is 0 Å². The average Bonchev–Trinajstić information content (AvgIpc) is 2.58. The summed E-state index contributed by atoms with van der Waals surface area (Å²) in [7, 11) is 3.38. The van der Waals surface area contributed by atoms with E-state index in [1.807, 2.05) is 0 Å². The maximum atomic E-state index is 11.9. The SMILES string of the molecule is NCCSSCCNC(=O)CCNC(=O)c1ccc(CN)nc1. The standard InChI is InChI=1S/C14H23N5O2S2/c15-4-7-22-23-8-6-17-13(20)3-5-18-14(21)11-1-2-12(9-16)19-10-11/h1-2,10H,3-9,15-16H2,(H,17,20)(H,18,21). The van der Waals surface area contributed by atoms with E-state index in [1.54, 1.807) is 33.7 Å². The summed E-state index contributed by atoms with van der Waals surface area (Å²) in [5.74, 6) is 1.42. The predicted octanol–water partition coefficient (Wildman–Crippen LogP) is 0.117. The fourth-order valence-electron chi connectivity index (χ4n) is 1.56. The minimum atomic E-state index is -0.248. The fourth-order valence-corrected chi connectivity index (χ4v) is 3.32. The van der Waals surface area contributed by atoms with Gasteiger partial charge in [-0.1, -0.05) is 21.6 Å². The van der Waals surface area contributed by atoms with Crippen molar-refractivity contribution in [2.24, 2.45) is 11.5 Å². The van der Waals surface area contributed by atoms with Gasteiger partial charge in [-0.15, -0.1) is 0 Å². The molecule has 7 nitrogen and oxygen atoms in total. The zero-order chi connectivity index (χ0) is 16.9. The summed E-state index contributed by atoms with van der Waals surface area (Å²) in [6, 6.07) is 3.38. The molecule has 6 N–H and O–H groups in total. The minimum Gasteiger partial charge on any atom is -0.355 e. The van der Waals surface area contributed by atoms with Gasteiger partial charge in [-0.2, -0.15) is 0 Å². The Bertz CT molecular complexity index is 485. The van der Waals surface area contributed by atoms with Crippen molar-refractivity contribution in [3.63, 3.8) is 0 Å². The second-order valence-corrected chi connectivity index (χ2v) is 7.23. The second kappa shape index (κ2) is 12.2. The van der Waals surface area contributed by atoms with Crippen LogP contribution in [0.15, 0.2) is 18.3 Å². The van der Waals surface area contributed by atoms with Gasteiger partial charge in [0.2, 0.25) is 5.91 Å². The number of nitrogens with zero attached hydrogens (tertiary/aromatic N) is 1. The third-order valence-corrected chi connectivity index (χ3v) is 5.17. The first kappa shape index (κ1) is 19.8. The lowest BCUT2D eigenvalue weighted by Gasteiger charge is -2.07. The van der Waals surface area contributed by atoms with Crippen LogP contribution in [0, 0.1) is 0 Å². The number of pyridine rings is 1. The van der Waals surface area contributed by atoms with Crippen molar-refractivity contribution in [1.82, 2.24) is 15.6 Å². The Kier molecular flexibility index (Phi) is 10.5. The van der Waals surface area contributed by atoms with Gasteiger partial charge in [0.1, 0.15) is 0 Å². The molecule has 0 aliphatic heterocycles. The molecule has 0 saturated carbocycles. The summed E-state index contributed by atoms with van der Waals surface area (Å²) in [6.07, 6.45) is 1.73. The third kappa shape index (κ3) is 8.80. The highest BCUT2D eigenvalue weighted by atomic mass is 33.1. The molecule has 0 bridgehead atoms. The second-order valence-electron chi connectivity index (χ2n) is 4.53. The monoisotopic (exact) mass is 357 g/mol. The Morgan fingerprint density at radius 2 is 1.87 bits per heavy atom. The van der Waals surface area contributed by atoms with Crippen LogP contribution >= 0.6 is 21.6 Å². The van der Waals surface area contributed by atoms with Crippen LogP contribution in [-0.2, 0) is 11.3 Å². The Morgan fingerprint density at radius 1 is 1.09 bits per heavy atom. The predicted molar refractivity (Wildman–Crippen MR) is 96.1 cm³/mol. The van der Waals surface area contributed by atoms with Crippen LogP contribution < -0.4 is 22.1 Å². The summed E-state index contributed by atoms with van der Waals surface area (Å²) in [6.45, 7) is 1.90. The number of nitrogens with one attached hydrogen (secondary N) is 2. The summed E-state index contributed by atoms with van der Waals surface area (Å²) >= 11 is 0. The highest BCUT2D eigenvalue weighted by molar-refractivity contribution is 8.76. The number of carbonyl (C=O) groups is 2. The maximum absolute atomic E-state index is 11.9. The van der Waals surface area contributed by atoms with E-state index in [0.29, 0.717) is 31.7 Å². The van der Waals surface area contributed by atoms with Crippen LogP contribution in [-0.4, -0.2) is 47.9 Å². The number of carbonyl (C=O) groups excluding carboxylic acids is 2. The van der Waals surface area contributed by atoms with E-state index in [2.05, 4.69) is 15.6 Å². The Labute approximate surface area is 144 Å². The molecule has 1 aromatic rings. The van der Waals surface area contributed by atoms with E-state index >= 15 is 0 Å². The Morgan fingerprint density at radius 3 is 2.52 bits per heavy atom. The summed E-state index contributed by atoms with van der Waals surface area (Å²) in [5.41, 5.74) is 12.0. The number of hydrogen-bond donors (Lipinski definition) is 4. The van der Waals surface area contributed by atoms with Gasteiger partial charge in [0, 0.05) is 50.3 Å². The molecule has 1 heterocycles. The van der Waals surface area contributed by atoms with Crippen LogP contribution in [0.25, 0.3) is 0 Å². The van der Waals surface area contributed by atoms with Crippen LogP contribution in [0.3, 0.4) is 0 Å². The van der Waals surface area contributed by atoms with Gasteiger partial charge in [0.25, 0.3) is 5.91 Å². The van der Waals surface area contributed by atoms with E-state index in [1.165, 1.54) is 6.20 Å². The van der Waals surface area contributed by atoms with Gasteiger partial charge >= 0.3 is 0 Å². The first-order chi connectivity index (χ1) is 11.2. The molecule has 0 unspecified atom stereocenters. The zero-order valence-electron chi connectivity index (χ0n) is 12.9. The zero-order valence-corrected chi connectivity index (χ0v) is 14.5. The van der Waals surface area contributed by atoms with Crippen LogP contribution in [0.1, 0.15) is 22.5 Å². The molecular formula is C14H23N5O2S2. The van der Waals surface area contributed by atoms with Gasteiger partial charge in [0.05, 0.1) is 11.3 Å². The largest absolute Gasteiger partial charge is 0.355 e. The average molecular weight is 358 g/mol. The number of amides is 2. The first-order valence-corrected chi connectivity index (χ1v) is 9.80. The molecule has 2 amide bonds. The molecular weight excluding hydrogens is 334 g/mol. The Hall–Kier alpha value is -1.29. The Balaban J connectivity index is 2.12. The summed E-state index contributed by atoms with van der Waals surface area (Å²) < 4.78 is 0. The topological polar surface area (TPSA) is 123 Å². The highest BCUT2D eigenvalue weighted by Gasteiger charge is 2.07. The molecule has 0 aromatic carbocycles. The normalized spacial score (nSPS) is 10.3. The van der Waals surface area contributed by atoms with Crippen molar-refractivity contribution in [3.05, 3.63) is 29.6 Å². The van der Waals surface area contributed by atoms with Gasteiger partial charge < -0.3 is 22.1 Å². The van der Waals surface area contributed by atoms with Crippen molar-refractivity contribution < 1.29 is 9.59 Å². The molecule has 0 atom stereocenters. The highest BCUT2D eigenvalue weighted by Crippen LogP contribution is 2.18. The van der Waals surface area contributed by atoms with Crippen LogP contribution in [0.2, 0.25) is 0 Å². The molecule has 0 aliphatic carbocycles. The van der Waals surface area contributed by atoms with Crippen molar-refractivity contribution in [3.8, 4) is 0 Å². The van der Waals surface area contributed by atoms with Gasteiger partial charge in [-0.05, 0) is 12.1 Å². The molecule has 1 aromatic heterocycles. The number of aromatic nitrogens is 1. The lowest BCUT2D eigenvalue weighted by Crippen LogP contribution is -2.31. The van der Waals surface area contributed by atoms with Crippen molar-refractivity contribution in [1.29, 1.82) is 0 Å². The number of rotatable bonds is 11. The molecule has 1 rings (SSSR count). The maximum Gasteiger partial charge on any atom is 0.252 e. The molecule has 0 saturated heterocycles. The summed E-state index contributed by atoms with van der Waals surface area (Å²) in [5, 5.41) is 5.50. The summed E-state index contributed by atoms with van der Waals surface area (Å²) in [4.78, 5) is 27.5. The van der Waals surface area contributed by atoms with Gasteiger partial charge in [-0.25, -0.2) is 0 Å². The minimum absolute atomic E-state index is 0.0775. The van der Waals surface area contributed by atoms with E-state index in [-0.39, 0.29) is 18.2 Å². The molecule has 0 fully saturated rings. The van der Waals surface area contributed by atoms with E-state index in [9.17, 15) is 9.59 Å². The lowest BCUT2D eigenvalue weighted by molar-refractivity contribution is -0.120.